The molecule has 6 nitrogen and oxygen atoms in total. The predicted molar refractivity (Wildman–Crippen MR) is 97.4 cm³/mol. The van der Waals surface area contributed by atoms with Crippen molar-refractivity contribution >= 4 is 27.3 Å². The van der Waals surface area contributed by atoms with Crippen molar-refractivity contribution in [3.05, 3.63) is 23.8 Å². The normalized spacial score (nSPS) is 14.1. The maximum absolute atomic E-state index is 12.6. The van der Waals surface area contributed by atoms with Crippen LogP contribution in [0, 0.1) is 0 Å². The number of amides is 2. The highest BCUT2D eigenvalue weighted by atomic mass is 32.2. The molecule has 1 aromatic rings. The molecule has 1 aromatic carbocycles. The first-order chi connectivity index (χ1) is 11.8. The van der Waals surface area contributed by atoms with Gasteiger partial charge in [-0.15, -0.1) is 0 Å². The van der Waals surface area contributed by atoms with Gasteiger partial charge in [-0.05, 0) is 50.5 Å². The van der Waals surface area contributed by atoms with Crippen LogP contribution in [0.3, 0.4) is 0 Å². The number of nitrogens with zero attached hydrogens (tertiary/aromatic N) is 2. The highest BCUT2D eigenvalue weighted by Crippen LogP contribution is 2.30. The molecule has 0 radical (unpaired) electrons. The summed E-state index contributed by atoms with van der Waals surface area (Å²) in [5, 5.41) is 0. The van der Waals surface area contributed by atoms with Crippen LogP contribution in [0.4, 0.5) is 5.69 Å². The van der Waals surface area contributed by atoms with Crippen LogP contribution in [0.25, 0.3) is 0 Å². The fourth-order valence-electron chi connectivity index (χ4n) is 3.17. The molecular weight excluding hydrogens is 340 g/mol. The average molecular weight is 366 g/mol. The van der Waals surface area contributed by atoms with Gasteiger partial charge in [-0.3, -0.25) is 9.59 Å². The van der Waals surface area contributed by atoms with Gasteiger partial charge in [0.1, 0.15) is 0 Å². The van der Waals surface area contributed by atoms with Gasteiger partial charge in [-0.25, -0.2) is 8.42 Å². The molecule has 0 fully saturated rings. The van der Waals surface area contributed by atoms with E-state index >= 15 is 0 Å². The van der Waals surface area contributed by atoms with Crippen LogP contribution in [-0.2, 0) is 25.8 Å². The molecule has 0 unspecified atom stereocenters. The summed E-state index contributed by atoms with van der Waals surface area (Å²) in [6, 6.07) is 4.90. The molecule has 1 aliphatic rings. The third kappa shape index (κ3) is 4.39. The Kier molecular flexibility index (Phi) is 6.21. The number of aryl methyl sites for hydroxylation is 1. The maximum Gasteiger partial charge on any atom is 0.223 e. The summed E-state index contributed by atoms with van der Waals surface area (Å²) < 4.78 is 25.2. The van der Waals surface area contributed by atoms with Gasteiger partial charge in [-0.2, -0.15) is 0 Å². The van der Waals surface area contributed by atoms with Gasteiger partial charge in [0, 0.05) is 38.7 Å². The Balaban J connectivity index is 2.18. The molecular formula is C18H26N2O4S. The summed E-state index contributed by atoms with van der Waals surface area (Å²) in [6.07, 6.45) is 1.55. The summed E-state index contributed by atoms with van der Waals surface area (Å²) in [5.74, 6) is -0.381. The van der Waals surface area contributed by atoms with Crippen LogP contribution in [-0.4, -0.2) is 50.5 Å². The Hall–Kier alpha value is -1.89. The fraction of sp³-hybridized carbons (Fsp3) is 0.556. The van der Waals surface area contributed by atoms with Crippen molar-refractivity contribution in [2.24, 2.45) is 0 Å². The third-order valence-corrected chi connectivity index (χ3v) is 6.32. The molecule has 1 heterocycles. The molecule has 0 atom stereocenters. The molecule has 0 aliphatic carbocycles. The number of sulfone groups is 1. The van der Waals surface area contributed by atoms with Gasteiger partial charge in [0.2, 0.25) is 11.8 Å². The van der Waals surface area contributed by atoms with Gasteiger partial charge in [-0.1, -0.05) is 0 Å². The minimum Gasteiger partial charge on any atom is -0.343 e. The zero-order valence-corrected chi connectivity index (χ0v) is 15.9. The monoisotopic (exact) mass is 366 g/mol. The van der Waals surface area contributed by atoms with E-state index in [4.69, 9.17) is 0 Å². The van der Waals surface area contributed by atoms with Gasteiger partial charge in [0.05, 0.1) is 10.6 Å². The number of hydrogen-bond donors (Lipinski definition) is 0. The SMILES string of the molecule is CCN(CC)C(=O)CCS(=O)(=O)c1ccc2c(c1)CCCN2C(C)=O. The topological polar surface area (TPSA) is 74.8 Å². The number of benzene rings is 1. The smallest absolute Gasteiger partial charge is 0.223 e. The van der Waals surface area contributed by atoms with Crippen LogP contribution in [0.5, 0.6) is 0 Å². The zero-order chi connectivity index (χ0) is 18.6. The number of anilines is 1. The highest BCUT2D eigenvalue weighted by Gasteiger charge is 2.24. The molecule has 0 saturated heterocycles. The number of rotatable bonds is 6. The molecule has 2 amide bonds. The second kappa shape index (κ2) is 7.99. The van der Waals surface area contributed by atoms with E-state index in [0.29, 0.717) is 19.6 Å². The summed E-state index contributed by atoms with van der Waals surface area (Å²) in [4.78, 5) is 27.3. The molecule has 0 saturated carbocycles. The second-order valence-corrected chi connectivity index (χ2v) is 8.31. The zero-order valence-electron chi connectivity index (χ0n) is 15.1. The van der Waals surface area contributed by atoms with Gasteiger partial charge in [0.25, 0.3) is 0 Å². The van der Waals surface area contributed by atoms with E-state index < -0.39 is 9.84 Å². The molecule has 138 valence electrons. The standard InChI is InChI=1S/C18H26N2O4S/c1-4-19(5-2)18(22)10-12-25(23,24)16-8-9-17-15(13-16)7-6-11-20(17)14(3)21/h8-9,13H,4-7,10-12H2,1-3H3. The quantitative estimate of drug-likeness (QED) is 0.772. The second-order valence-electron chi connectivity index (χ2n) is 6.20. The van der Waals surface area contributed by atoms with Crippen LogP contribution in [0.15, 0.2) is 23.1 Å². The first kappa shape index (κ1) is 19.4. The molecule has 0 N–H and O–H groups in total. The summed E-state index contributed by atoms with van der Waals surface area (Å²) in [6.45, 7) is 7.08. The summed E-state index contributed by atoms with van der Waals surface area (Å²) in [5.41, 5.74) is 1.66. The Morgan fingerprint density at radius 2 is 1.88 bits per heavy atom. The lowest BCUT2D eigenvalue weighted by Crippen LogP contribution is -2.33. The molecule has 2 rings (SSSR count). The molecule has 0 aromatic heterocycles. The van der Waals surface area contributed by atoms with Crippen molar-refractivity contribution in [1.29, 1.82) is 0 Å². The molecule has 0 spiro atoms. The Bertz CT molecular complexity index is 754. The van der Waals surface area contributed by atoms with E-state index in [1.165, 1.54) is 13.0 Å². The predicted octanol–water partition coefficient (Wildman–Crippen LogP) is 2.02. The van der Waals surface area contributed by atoms with Crippen LogP contribution in [0.2, 0.25) is 0 Å². The largest absolute Gasteiger partial charge is 0.343 e. The fourth-order valence-corrected chi connectivity index (χ4v) is 4.44. The molecule has 7 heteroatoms. The first-order valence-corrected chi connectivity index (χ1v) is 10.4. The van der Waals surface area contributed by atoms with E-state index in [1.807, 2.05) is 13.8 Å². The van der Waals surface area contributed by atoms with E-state index in [9.17, 15) is 18.0 Å². The maximum atomic E-state index is 12.6. The van der Waals surface area contributed by atoms with Gasteiger partial charge in [0.15, 0.2) is 9.84 Å². The number of carbonyl (C=O) groups excluding carboxylic acids is 2. The van der Waals surface area contributed by atoms with Gasteiger partial charge >= 0.3 is 0 Å². The number of carbonyl (C=O) groups is 2. The average Bonchev–Trinajstić information content (AvgIpc) is 2.60. The van der Waals surface area contributed by atoms with Crippen LogP contribution in [0.1, 0.15) is 39.2 Å². The Morgan fingerprint density at radius 1 is 1.20 bits per heavy atom. The first-order valence-electron chi connectivity index (χ1n) is 8.71. The van der Waals surface area contributed by atoms with Crippen LogP contribution < -0.4 is 4.90 Å². The number of fused-ring (bicyclic) bond motifs is 1. The lowest BCUT2D eigenvalue weighted by atomic mass is 10.0. The minimum absolute atomic E-state index is 0.0132. The van der Waals surface area contributed by atoms with E-state index in [2.05, 4.69) is 0 Å². The third-order valence-electron chi connectivity index (χ3n) is 4.61. The highest BCUT2D eigenvalue weighted by molar-refractivity contribution is 7.91. The molecule has 0 bridgehead atoms. The van der Waals surface area contributed by atoms with Crippen LogP contribution >= 0.6 is 0 Å². The van der Waals surface area contributed by atoms with Crippen molar-refractivity contribution in [3.63, 3.8) is 0 Å². The van der Waals surface area contributed by atoms with Crippen molar-refractivity contribution in [2.75, 3.05) is 30.3 Å². The molecule has 25 heavy (non-hydrogen) atoms. The van der Waals surface area contributed by atoms with Crippen molar-refractivity contribution in [3.8, 4) is 0 Å². The summed E-state index contributed by atoms with van der Waals surface area (Å²) >= 11 is 0. The van der Waals surface area contributed by atoms with E-state index in [0.717, 1.165) is 24.1 Å². The van der Waals surface area contributed by atoms with E-state index in [-0.39, 0.29) is 28.9 Å². The Morgan fingerprint density at radius 3 is 2.48 bits per heavy atom. The van der Waals surface area contributed by atoms with E-state index in [1.54, 1.807) is 21.9 Å². The van der Waals surface area contributed by atoms with Crippen molar-refractivity contribution in [1.82, 2.24) is 4.90 Å². The number of hydrogen-bond acceptors (Lipinski definition) is 4. The summed E-state index contributed by atoms with van der Waals surface area (Å²) in [7, 11) is -3.53. The lowest BCUT2D eigenvalue weighted by Gasteiger charge is -2.28. The lowest BCUT2D eigenvalue weighted by molar-refractivity contribution is -0.130. The van der Waals surface area contributed by atoms with Crippen molar-refractivity contribution < 1.29 is 18.0 Å². The Labute approximate surface area is 149 Å². The van der Waals surface area contributed by atoms with Gasteiger partial charge < -0.3 is 9.80 Å². The minimum atomic E-state index is -3.53. The van der Waals surface area contributed by atoms with Crippen molar-refractivity contribution in [2.45, 2.75) is 44.9 Å². The molecule has 1 aliphatic heterocycles.